The molecule has 0 aliphatic carbocycles. The monoisotopic (exact) mass is 473 g/mol. The van der Waals surface area contributed by atoms with Crippen LogP contribution in [0.1, 0.15) is 12.5 Å². The Bertz CT molecular complexity index is 1720. The van der Waals surface area contributed by atoms with Gasteiger partial charge in [-0.1, -0.05) is 54.6 Å². The van der Waals surface area contributed by atoms with Crippen molar-refractivity contribution in [2.75, 3.05) is 11.1 Å². The third kappa shape index (κ3) is 3.94. The van der Waals surface area contributed by atoms with E-state index >= 15 is 0 Å². The van der Waals surface area contributed by atoms with Crippen molar-refractivity contribution in [2.24, 2.45) is 0 Å². The van der Waals surface area contributed by atoms with Crippen LogP contribution in [0.25, 0.3) is 38.8 Å². The van der Waals surface area contributed by atoms with E-state index in [2.05, 4.69) is 58.0 Å². The van der Waals surface area contributed by atoms with Crippen LogP contribution in [0.3, 0.4) is 0 Å². The van der Waals surface area contributed by atoms with Gasteiger partial charge in [-0.25, -0.2) is 9.50 Å². The maximum absolute atomic E-state index is 11.4. The molecule has 6 rings (SSSR count). The fourth-order valence-corrected chi connectivity index (χ4v) is 4.51. The molecule has 176 valence electrons. The first-order valence-corrected chi connectivity index (χ1v) is 11.6. The number of aromatic nitrogens is 5. The second-order valence-corrected chi connectivity index (χ2v) is 8.69. The Morgan fingerprint density at radius 1 is 0.972 bits per heavy atom. The highest BCUT2D eigenvalue weighted by molar-refractivity contribution is 5.95. The van der Waals surface area contributed by atoms with Crippen molar-refractivity contribution in [3.05, 3.63) is 97.0 Å². The maximum atomic E-state index is 11.4. The van der Waals surface area contributed by atoms with Gasteiger partial charge in [-0.2, -0.15) is 10.2 Å². The first kappa shape index (κ1) is 21.5. The van der Waals surface area contributed by atoms with Crippen LogP contribution in [-0.2, 0) is 11.3 Å². The molecule has 0 saturated carbocycles. The second kappa shape index (κ2) is 8.66. The summed E-state index contributed by atoms with van der Waals surface area (Å²) in [6.07, 6.45) is 3.51. The number of carbonyl (C=O) groups excluding carboxylic acids is 1. The van der Waals surface area contributed by atoms with Crippen LogP contribution < -0.4 is 11.1 Å². The molecule has 1 amide bonds. The van der Waals surface area contributed by atoms with Crippen LogP contribution >= 0.6 is 0 Å². The molecule has 36 heavy (non-hydrogen) atoms. The zero-order valence-electron chi connectivity index (χ0n) is 19.6. The van der Waals surface area contributed by atoms with Crippen molar-refractivity contribution in [2.45, 2.75) is 13.5 Å². The summed E-state index contributed by atoms with van der Waals surface area (Å²) in [4.78, 5) is 15.6. The van der Waals surface area contributed by atoms with Gasteiger partial charge in [-0.3, -0.25) is 9.48 Å². The fraction of sp³-hybridized carbons (Fsp3) is 0.0714. The summed E-state index contributed by atoms with van der Waals surface area (Å²) in [7, 11) is 0. The third-order valence-corrected chi connectivity index (χ3v) is 6.14. The van der Waals surface area contributed by atoms with E-state index in [1.807, 2.05) is 51.7 Å². The molecular formula is C28H23N7O. The molecule has 0 radical (unpaired) electrons. The molecule has 3 aromatic carbocycles. The van der Waals surface area contributed by atoms with Crippen LogP contribution in [0.2, 0.25) is 0 Å². The first-order valence-electron chi connectivity index (χ1n) is 11.6. The number of hydrogen-bond acceptors (Lipinski definition) is 5. The molecule has 0 fully saturated rings. The van der Waals surface area contributed by atoms with E-state index in [-0.39, 0.29) is 5.91 Å². The lowest BCUT2D eigenvalue weighted by Gasteiger charge is -2.05. The van der Waals surface area contributed by atoms with Gasteiger partial charge in [0.1, 0.15) is 11.8 Å². The maximum Gasteiger partial charge on any atom is 0.221 e. The molecule has 3 N–H and O–H groups in total. The summed E-state index contributed by atoms with van der Waals surface area (Å²) in [5.41, 5.74) is 13.6. The molecule has 3 heterocycles. The van der Waals surface area contributed by atoms with Crippen molar-refractivity contribution in [1.29, 1.82) is 0 Å². The normalized spacial score (nSPS) is 11.2. The Morgan fingerprint density at radius 2 is 1.75 bits per heavy atom. The minimum Gasteiger partial charge on any atom is -0.382 e. The number of nitrogen functional groups attached to an aromatic ring is 1. The van der Waals surface area contributed by atoms with Crippen molar-refractivity contribution in [3.8, 4) is 22.4 Å². The lowest BCUT2D eigenvalue weighted by Crippen LogP contribution is -2.05. The predicted molar refractivity (Wildman–Crippen MR) is 141 cm³/mol. The minimum absolute atomic E-state index is 0.111. The van der Waals surface area contributed by atoms with Gasteiger partial charge < -0.3 is 11.1 Å². The number of nitrogens with two attached hydrogens (primary N) is 1. The third-order valence-electron chi connectivity index (χ3n) is 6.14. The summed E-state index contributed by atoms with van der Waals surface area (Å²) in [6, 6.07) is 26.2. The Hall–Kier alpha value is -4.98. The van der Waals surface area contributed by atoms with E-state index in [1.54, 1.807) is 0 Å². The zero-order valence-corrected chi connectivity index (χ0v) is 19.6. The second-order valence-electron chi connectivity index (χ2n) is 8.69. The Kier molecular flexibility index (Phi) is 5.19. The Labute approximate surface area is 207 Å². The van der Waals surface area contributed by atoms with Crippen molar-refractivity contribution < 1.29 is 4.79 Å². The largest absolute Gasteiger partial charge is 0.382 e. The van der Waals surface area contributed by atoms with Gasteiger partial charge in [0, 0.05) is 35.3 Å². The molecule has 6 aromatic rings. The smallest absolute Gasteiger partial charge is 0.221 e. The molecule has 0 aliphatic rings. The molecule has 0 spiro atoms. The van der Waals surface area contributed by atoms with Gasteiger partial charge in [-0.15, -0.1) is 0 Å². The summed E-state index contributed by atoms with van der Waals surface area (Å²) in [6.45, 7) is 2.20. The lowest BCUT2D eigenvalue weighted by molar-refractivity contribution is -0.114. The first-order chi connectivity index (χ1) is 17.5. The molecule has 0 aliphatic heterocycles. The molecule has 0 bridgehead atoms. The van der Waals surface area contributed by atoms with E-state index in [4.69, 9.17) is 10.8 Å². The number of amides is 1. The number of benzene rings is 3. The number of carbonyl (C=O) groups is 1. The summed E-state index contributed by atoms with van der Waals surface area (Å²) in [5, 5.41) is 13.2. The fourth-order valence-electron chi connectivity index (χ4n) is 4.51. The average Bonchev–Trinajstić information content (AvgIpc) is 3.46. The molecule has 0 unspecified atom stereocenters. The predicted octanol–water partition coefficient (Wildman–Crippen LogP) is 5.00. The Balaban J connectivity index is 1.42. The van der Waals surface area contributed by atoms with Crippen molar-refractivity contribution in [1.82, 2.24) is 24.4 Å². The minimum atomic E-state index is -0.111. The number of anilines is 2. The highest BCUT2D eigenvalue weighted by Crippen LogP contribution is 2.36. The topological polar surface area (TPSA) is 103 Å². The molecule has 0 saturated heterocycles. The van der Waals surface area contributed by atoms with Crippen LogP contribution in [0.5, 0.6) is 0 Å². The number of rotatable bonds is 5. The SMILES string of the molecule is CC(=O)Nc1ccc(-c2cc(-c3ccc4cn(Cc5ccccc5)nc4c3)c3c(N)ncnn23)cc1. The van der Waals surface area contributed by atoms with Gasteiger partial charge in [-0.05, 0) is 35.4 Å². The van der Waals surface area contributed by atoms with Gasteiger partial charge in [0.25, 0.3) is 0 Å². The van der Waals surface area contributed by atoms with E-state index in [0.717, 1.165) is 44.5 Å². The van der Waals surface area contributed by atoms with Gasteiger partial charge in [0.05, 0.1) is 17.8 Å². The van der Waals surface area contributed by atoms with Gasteiger partial charge in [0.15, 0.2) is 5.82 Å². The summed E-state index contributed by atoms with van der Waals surface area (Å²) >= 11 is 0. The lowest BCUT2D eigenvalue weighted by atomic mass is 10.0. The van der Waals surface area contributed by atoms with Gasteiger partial charge >= 0.3 is 0 Å². The van der Waals surface area contributed by atoms with Gasteiger partial charge in [0.2, 0.25) is 5.91 Å². The van der Waals surface area contributed by atoms with Crippen molar-refractivity contribution in [3.63, 3.8) is 0 Å². The molecule has 0 atom stereocenters. The zero-order chi connectivity index (χ0) is 24.6. The van der Waals surface area contributed by atoms with E-state index < -0.39 is 0 Å². The highest BCUT2D eigenvalue weighted by atomic mass is 16.1. The number of nitrogens with zero attached hydrogens (tertiary/aromatic N) is 5. The molecule has 8 heteroatoms. The standard InChI is InChI=1S/C28H23N7O/c1-18(36)32-23-11-9-20(10-12-23)26-14-24(27-28(29)30-17-31-35(26)27)21-7-8-22-16-34(33-25(22)13-21)15-19-5-3-2-4-6-19/h2-14,16-17H,15H2,1H3,(H,32,36)(H2,29,30,31). The van der Waals surface area contributed by atoms with E-state index in [0.29, 0.717) is 12.4 Å². The average molecular weight is 474 g/mol. The number of nitrogens with one attached hydrogen (secondary N) is 1. The highest BCUT2D eigenvalue weighted by Gasteiger charge is 2.17. The van der Waals surface area contributed by atoms with Crippen molar-refractivity contribution >= 4 is 33.8 Å². The molecule has 8 nitrogen and oxygen atoms in total. The summed E-state index contributed by atoms with van der Waals surface area (Å²) in [5.74, 6) is 0.288. The number of hydrogen-bond donors (Lipinski definition) is 2. The van der Waals surface area contributed by atoms with E-state index in [9.17, 15) is 4.79 Å². The van der Waals surface area contributed by atoms with Crippen LogP contribution in [-0.4, -0.2) is 30.3 Å². The quantitative estimate of drug-likeness (QED) is 0.367. The van der Waals surface area contributed by atoms with Crippen LogP contribution in [0.15, 0.2) is 91.4 Å². The molecular weight excluding hydrogens is 450 g/mol. The molecule has 3 aromatic heterocycles. The number of fused-ring (bicyclic) bond motifs is 2. The van der Waals surface area contributed by atoms with E-state index in [1.165, 1.54) is 18.8 Å². The summed E-state index contributed by atoms with van der Waals surface area (Å²) < 4.78 is 3.77. The Morgan fingerprint density at radius 3 is 2.53 bits per heavy atom. The van der Waals surface area contributed by atoms with Crippen LogP contribution in [0, 0.1) is 0 Å². The van der Waals surface area contributed by atoms with Crippen LogP contribution in [0.4, 0.5) is 11.5 Å².